The van der Waals surface area contributed by atoms with Crippen LogP contribution in [0.2, 0.25) is 0 Å². The van der Waals surface area contributed by atoms with Gasteiger partial charge in [0.1, 0.15) is 0 Å². The van der Waals surface area contributed by atoms with Crippen molar-refractivity contribution in [3.63, 3.8) is 0 Å². The number of thiocarbonyl (C=S) groups is 1. The first kappa shape index (κ1) is 11.8. The van der Waals surface area contributed by atoms with E-state index in [1.54, 1.807) is 30.3 Å². The molecule has 0 aliphatic heterocycles. The molecule has 0 atom stereocenters. The maximum absolute atomic E-state index is 12.0. The first-order valence-corrected chi connectivity index (χ1v) is 4.48. The van der Waals surface area contributed by atoms with Gasteiger partial charge in [0.05, 0.1) is 0 Å². The van der Waals surface area contributed by atoms with Crippen LogP contribution in [0.3, 0.4) is 0 Å². The maximum Gasteiger partial charge on any atom is 0.484 e. The summed E-state index contributed by atoms with van der Waals surface area (Å²) in [4.78, 5) is 1.25. The molecule has 1 rings (SSSR count). The number of hydrogen-bond acceptors (Lipinski definition) is 1. The Balaban J connectivity index is 2.70. The molecule has 6 heteroatoms. The lowest BCUT2D eigenvalue weighted by atomic mass is 10.3. The number of anilines is 1. The van der Waals surface area contributed by atoms with Gasteiger partial charge in [0.2, 0.25) is 0 Å². The third kappa shape index (κ3) is 3.75. The maximum atomic E-state index is 12.0. The van der Waals surface area contributed by atoms with E-state index in [1.165, 1.54) is 17.3 Å². The monoisotopic (exact) mass is 234 g/mol. The molecule has 0 heterocycles. The van der Waals surface area contributed by atoms with Crippen molar-refractivity contribution in [3.05, 3.63) is 30.3 Å². The van der Waals surface area contributed by atoms with E-state index in [0.717, 1.165) is 0 Å². The molecule has 0 aliphatic rings. The predicted octanol–water partition coefficient (Wildman–Crippen LogP) is 2.52. The molecule has 0 unspecified atom stereocenters. The summed E-state index contributed by atoms with van der Waals surface area (Å²) in [7, 11) is 1.47. The minimum atomic E-state index is -4.50. The summed E-state index contributed by atoms with van der Waals surface area (Å²) in [6.45, 7) is 0. The van der Waals surface area contributed by atoms with Crippen LogP contribution in [0.5, 0.6) is 0 Å². The number of nitrogens with zero attached hydrogens (tertiary/aromatic N) is 1. The summed E-state index contributed by atoms with van der Waals surface area (Å²) in [6, 6.07) is 8.57. The average Bonchev–Trinajstić information content (AvgIpc) is 2.15. The number of alkyl halides is 3. The van der Waals surface area contributed by atoms with Crippen LogP contribution in [-0.4, -0.2) is 18.5 Å². The van der Waals surface area contributed by atoms with Gasteiger partial charge in [-0.25, -0.2) is 0 Å². The number of benzene rings is 1. The van der Waals surface area contributed by atoms with E-state index in [-0.39, 0.29) is 5.11 Å². The Morgan fingerprint density at radius 1 is 1.27 bits per heavy atom. The molecule has 0 fully saturated rings. The molecule has 0 amide bonds. The van der Waals surface area contributed by atoms with E-state index in [0.29, 0.717) is 5.69 Å². The lowest BCUT2D eigenvalue weighted by Gasteiger charge is -2.21. The van der Waals surface area contributed by atoms with Crippen LogP contribution in [0.1, 0.15) is 0 Å². The van der Waals surface area contributed by atoms with E-state index < -0.39 is 6.30 Å². The minimum absolute atomic E-state index is 0.381. The summed E-state index contributed by atoms with van der Waals surface area (Å²) in [5.41, 5.74) is 0.597. The highest BCUT2D eigenvalue weighted by Gasteiger charge is 2.29. The van der Waals surface area contributed by atoms with Gasteiger partial charge in [0, 0.05) is 12.7 Å². The summed E-state index contributed by atoms with van der Waals surface area (Å²) < 4.78 is 35.9. The van der Waals surface area contributed by atoms with Crippen LogP contribution in [-0.2, 0) is 0 Å². The number of para-hydroxylation sites is 1. The van der Waals surface area contributed by atoms with Crippen molar-refractivity contribution in [3.8, 4) is 0 Å². The zero-order chi connectivity index (χ0) is 11.5. The van der Waals surface area contributed by atoms with Crippen molar-refractivity contribution in [2.75, 3.05) is 11.9 Å². The zero-order valence-electron chi connectivity index (χ0n) is 7.88. The number of nitrogens with one attached hydrogen (secondary N) is 1. The second kappa shape index (κ2) is 4.48. The largest absolute Gasteiger partial charge is 0.484 e. The Hall–Kier alpha value is -1.30. The van der Waals surface area contributed by atoms with Crippen molar-refractivity contribution in [1.29, 1.82) is 0 Å². The van der Waals surface area contributed by atoms with E-state index in [1.807, 2.05) is 0 Å². The Morgan fingerprint density at radius 2 is 1.80 bits per heavy atom. The highest BCUT2D eigenvalue weighted by molar-refractivity contribution is 7.80. The molecule has 1 aromatic carbocycles. The van der Waals surface area contributed by atoms with Crippen LogP contribution < -0.4 is 10.2 Å². The molecule has 0 radical (unpaired) electrons. The van der Waals surface area contributed by atoms with Crippen molar-refractivity contribution >= 4 is 23.0 Å². The Bertz CT molecular complexity index is 337. The standard InChI is InChI=1S/C9H9F3N2S/c1-14(7-5-3-2-4-6-7)8(15)13-9(10,11)12/h2-6H,1H3,(H,13,15). The highest BCUT2D eigenvalue weighted by Crippen LogP contribution is 2.14. The number of hydrogen-bond donors (Lipinski definition) is 1. The van der Waals surface area contributed by atoms with Gasteiger partial charge >= 0.3 is 6.30 Å². The van der Waals surface area contributed by atoms with Crippen LogP contribution in [0, 0.1) is 0 Å². The van der Waals surface area contributed by atoms with Gasteiger partial charge in [-0.15, -0.1) is 0 Å². The van der Waals surface area contributed by atoms with Crippen LogP contribution in [0.25, 0.3) is 0 Å². The second-order valence-electron chi connectivity index (χ2n) is 2.82. The molecule has 0 bridgehead atoms. The molecule has 15 heavy (non-hydrogen) atoms. The molecule has 0 aromatic heterocycles. The Morgan fingerprint density at radius 3 is 2.27 bits per heavy atom. The molecule has 0 spiro atoms. The lowest BCUT2D eigenvalue weighted by molar-refractivity contribution is -0.141. The Labute approximate surface area is 90.7 Å². The van der Waals surface area contributed by atoms with Gasteiger partial charge < -0.3 is 4.90 Å². The van der Waals surface area contributed by atoms with Crippen molar-refractivity contribution < 1.29 is 13.2 Å². The summed E-state index contributed by atoms with van der Waals surface area (Å²) in [5.74, 6) is 0. The van der Waals surface area contributed by atoms with Crippen molar-refractivity contribution in [1.82, 2.24) is 5.32 Å². The van der Waals surface area contributed by atoms with Crippen LogP contribution in [0.4, 0.5) is 18.9 Å². The molecule has 0 saturated carbocycles. The van der Waals surface area contributed by atoms with Crippen LogP contribution >= 0.6 is 12.2 Å². The fourth-order valence-electron chi connectivity index (χ4n) is 0.974. The van der Waals surface area contributed by atoms with E-state index in [2.05, 4.69) is 12.2 Å². The molecule has 1 aromatic rings. The number of halogens is 3. The first-order valence-electron chi connectivity index (χ1n) is 4.08. The van der Waals surface area contributed by atoms with Gasteiger partial charge in [-0.2, -0.15) is 13.2 Å². The summed E-state index contributed by atoms with van der Waals surface area (Å²) >= 11 is 4.60. The molecule has 1 N–H and O–H groups in total. The van der Waals surface area contributed by atoms with E-state index in [4.69, 9.17) is 0 Å². The van der Waals surface area contributed by atoms with Gasteiger partial charge in [-0.05, 0) is 24.4 Å². The Kier molecular flexibility index (Phi) is 3.52. The first-order chi connectivity index (χ1) is 6.90. The van der Waals surface area contributed by atoms with E-state index in [9.17, 15) is 13.2 Å². The predicted molar refractivity (Wildman–Crippen MR) is 56.6 cm³/mol. The molecule has 0 aliphatic carbocycles. The topological polar surface area (TPSA) is 15.3 Å². The SMILES string of the molecule is CN(C(=S)NC(F)(F)F)c1ccccc1. The second-order valence-corrected chi connectivity index (χ2v) is 3.21. The molecule has 0 saturated heterocycles. The van der Waals surface area contributed by atoms with Gasteiger partial charge in [0.15, 0.2) is 5.11 Å². The van der Waals surface area contributed by atoms with Crippen LogP contribution in [0.15, 0.2) is 30.3 Å². The van der Waals surface area contributed by atoms with Gasteiger partial charge in [-0.3, -0.25) is 5.32 Å². The average molecular weight is 234 g/mol. The minimum Gasteiger partial charge on any atom is -0.322 e. The zero-order valence-corrected chi connectivity index (χ0v) is 8.69. The smallest absolute Gasteiger partial charge is 0.322 e. The lowest BCUT2D eigenvalue weighted by Crippen LogP contribution is -2.44. The van der Waals surface area contributed by atoms with Gasteiger partial charge in [-0.1, -0.05) is 18.2 Å². The fourth-order valence-corrected chi connectivity index (χ4v) is 1.20. The summed E-state index contributed by atoms with van der Waals surface area (Å²) in [5, 5.41) is 0.894. The highest BCUT2D eigenvalue weighted by atomic mass is 32.1. The fraction of sp³-hybridized carbons (Fsp3) is 0.222. The molecular weight excluding hydrogens is 225 g/mol. The van der Waals surface area contributed by atoms with E-state index >= 15 is 0 Å². The third-order valence-corrected chi connectivity index (χ3v) is 2.07. The number of rotatable bonds is 1. The van der Waals surface area contributed by atoms with Crippen molar-refractivity contribution in [2.24, 2.45) is 0 Å². The third-order valence-electron chi connectivity index (χ3n) is 1.70. The quantitative estimate of drug-likeness (QED) is 0.593. The summed E-state index contributed by atoms with van der Waals surface area (Å²) in [6.07, 6.45) is -4.50. The normalized spacial score (nSPS) is 10.9. The molecule has 2 nitrogen and oxygen atoms in total. The molecule has 82 valence electrons. The van der Waals surface area contributed by atoms with Crippen molar-refractivity contribution in [2.45, 2.75) is 6.30 Å². The van der Waals surface area contributed by atoms with Gasteiger partial charge in [0.25, 0.3) is 0 Å². The molecular formula is C9H9F3N2S.